The molecule has 0 spiro atoms. The minimum absolute atomic E-state index is 0.0933. The van der Waals surface area contributed by atoms with Gasteiger partial charge in [0.05, 0.1) is 5.56 Å². The molecule has 1 N–H and O–H groups in total. The zero-order chi connectivity index (χ0) is 13.4. The van der Waals surface area contributed by atoms with Crippen LogP contribution in [0.2, 0.25) is 5.02 Å². The molecule has 0 saturated carbocycles. The summed E-state index contributed by atoms with van der Waals surface area (Å²) in [5.41, 5.74) is 3.30. The SMILES string of the molecule is Cn1[nH]c2c(c1=O)CN(Cc1ccc(Cl)cc1)CC2. The maximum absolute atomic E-state index is 11.9. The molecule has 5 heteroatoms. The highest BCUT2D eigenvalue weighted by atomic mass is 35.5. The molecular formula is C14H16ClN3O. The first-order valence-corrected chi connectivity index (χ1v) is 6.75. The van der Waals surface area contributed by atoms with Crippen LogP contribution in [0.25, 0.3) is 0 Å². The van der Waals surface area contributed by atoms with Gasteiger partial charge in [-0.15, -0.1) is 0 Å². The van der Waals surface area contributed by atoms with Crippen LogP contribution < -0.4 is 5.56 Å². The summed E-state index contributed by atoms with van der Waals surface area (Å²) >= 11 is 5.88. The highest BCUT2D eigenvalue weighted by Gasteiger charge is 2.21. The van der Waals surface area contributed by atoms with E-state index in [0.717, 1.165) is 35.8 Å². The molecule has 1 aromatic heterocycles. The summed E-state index contributed by atoms with van der Waals surface area (Å²) in [6.07, 6.45) is 0.902. The van der Waals surface area contributed by atoms with Gasteiger partial charge in [-0.2, -0.15) is 0 Å². The monoisotopic (exact) mass is 277 g/mol. The number of H-pyrrole nitrogens is 1. The van der Waals surface area contributed by atoms with Gasteiger partial charge in [-0.05, 0) is 17.7 Å². The fraction of sp³-hybridized carbons (Fsp3) is 0.357. The molecule has 2 aromatic rings. The summed E-state index contributed by atoms with van der Waals surface area (Å²) in [6.45, 7) is 2.54. The Balaban J connectivity index is 1.77. The molecule has 0 unspecified atom stereocenters. The second kappa shape index (κ2) is 4.87. The molecule has 1 aliphatic rings. The fourth-order valence-electron chi connectivity index (χ4n) is 2.58. The third kappa shape index (κ3) is 2.46. The number of fused-ring (bicyclic) bond motifs is 1. The van der Waals surface area contributed by atoms with Crippen molar-refractivity contribution in [3.63, 3.8) is 0 Å². The van der Waals surface area contributed by atoms with Crippen molar-refractivity contribution in [2.75, 3.05) is 6.54 Å². The maximum Gasteiger partial charge on any atom is 0.270 e. The lowest BCUT2D eigenvalue weighted by molar-refractivity contribution is 0.244. The third-order valence-electron chi connectivity index (χ3n) is 3.61. The Kier molecular flexibility index (Phi) is 3.21. The average molecular weight is 278 g/mol. The van der Waals surface area contributed by atoms with E-state index in [9.17, 15) is 4.79 Å². The van der Waals surface area contributed by atoms with E-state index in [1.54, 1.807) is 11.7 Å². The second-order valence-corrected chi connectivity index (χ2v) is 5.46. The first-order chi connectivity index (χ1) is 9.13. The van der Waals surface area contributed by atoms with Crippen molar-refractivity contribution in [3.05, 3.63) is 56.5 Å². The third-order valence-corrected chi connectivity index (χ3v) is 3.86. The molecular weight excluding hydrogens is 262 g/mol. The van der Waals surface area contributed by atoms with E-state index in [0.29, 0.717) is 6.54 Å². The van der Waals surface area contributed by atoms with E-state index in [1.165, 1.54) is 5.56 Å². The Labute approximate surface area is 116 Å². The van der Waals surface area contributed by atoms with Crippen molar-refractivity contribution in [1.82, 2.24) is 14.7 Å². The van der Waals surface area contributed by atoms with Crippen molar-refractivity contribution >= 4 is 11.6 Å². The van der Waals surface area contributed by atoms with Gasteiger partial charge in [-0.3, -0.25) is 19.5 Å². The van der Waals surface area contributed by atoms with Crippen LogP contribution in [0.5, 0.6) is 0 Å². The molecule has 0 atom stereocenters. The van der Waals surface area contributed by atoms with Gasteiger partial charge in [-0.1, -0.05) is 23.7 Å². The summed E-state index contributed by atoms with van der Waals surface area (Å²) in [4.78, 5) is 14.2. The quantitative estimate of drug-likeness (QED) is 0.911. The van der Waals surface area contributed by atoms with Crippen molar-refractivity contribution < 1.29 is 0 Å². The van der Waals surface area contributed by atoms with E-state index in [2.05, 4.69) is 10.00 Å². The Bertz CT molecular complexity index is 642. The first-order valence-electron chi connectivity index (χ1n) is 6.37. The molecule has 19 heavy (non-hydrogen) atoms. The second-order valence-electron chi connectivity index (χ2n) is 5.02. The Hall–Kier alpha value is -1.52. The summed E-state index contributed by atoms with van der Waals surface area (Å²) in [6, 6.07) is 7.88. The molecule has 2 heterocycles. The fourth-order valence-corrected chi connectivity index (χ4v) is 2.70. The van der Waals surface area contributed by atoms with Crippen LogP contribution in [-0.2, 0) is 26.6 Å². The lowest BCUT2D eigenvalue weighted by atomic mass is 10.1. The molecule has 1 aliphatic heterocycles. The largest absolute Gasteiger partial charge is 0.300 e. The molecule has 0 amide bonds. The predicted octanol–water partition coefficient (Wildman–Crippen LogP) is 1.93. The zero-order valence-corrected chi connectivity index (χ0v) is 11.6. The molecule has 4 nitrogen and oxygen atoms in total. The smallest absolute Gasteiger partial charge is 0.270 e. The first kappa shape index (κ1) is 12.5. The molecule has 0 saturated heterocycles. The Morgan fingerprint density at radius 2 is 2.05 bits per heavy atom. The summed E-state index contributed by atoms with van der Waals surface area (Å²) in [5.74, 6) is 0. The number of nitrogens with zero attached hydrogens (tertiary/aromatic N) is 2. The van der Waals surface area contributed by atoms with Crippen molar-refractivity contribution in [1.29, 1.82) is 0 Å². The summed E-state index contributed by atoms with van der Waals surface area (Å²) in [7, 11) is 1.77. The van der Waals surface area contributed by atoms with Crippen LogP contribution >= 0.6 is 11.6 Å². The number of nitrogens with one attached hydrogen (secondary N) is 1. The van der Waals surface area contributed by atoms with Crippen LogP contribution in [0.3, 0.4) is 0 Å². The van der Waals surface area contributed by atoms with Crippen LogP contribution in [-0.4, -0.2) is 21.2 Å². The lowest BCUT2D eigenvalue weighted by Gasteiger charge is -2.25. The zero-order valence-electron chi connectivity index (χ0n) is 10.8. The number of benzene rings is 1. The van der Waals surface area contributed by atoms with E-state index in [4.69, 9.17) is 11.6 Å². The molecule has 3 rings (SSSR count). The molecule has 0 aliphatic carbocycles. The van der Waals surface area contributed by atoms with Crippen LogP contribution in [0, 0.1) is 0 Å². The topological polar surface area (TPSA) is 41.0 Å². The highest BCUT2D eigenvalue weighted by Crippen LogP contribution is 2.17. The number of hydrogen-bond donors (Lipinski definition) is 1. The lowest BCUT2D eigenvalue weighted by Crippen LogP contribution is -2.32. The van der Waals surface area contributed by atoms with E-state index in [-0.39, 0.29) is 5.56 Å². The highest BCUT2D eigenvalue weighted by molar-refractivity contribution is 6.30. The van der Waals surface area contributed by atoms with Crippen LogP contribution in [0.4, 0.5) is 0 Å². The number of aromatic amines is 1. The minimum atomic E-state index is 0.0933. The standard InChI is InChI=1S/C14H16ClN3O/c1-17-14(19)12-9-18(7-6-13(12)16-17)8-10-2-4-11(15)5-3-10/h2-5,16H,6-9H2,1H3. The Morgan fingerprint density at radius 3 is 2.79 bits per heavy atom. The van der Waals surface area contributed by atoms with Gasteiger partial charge in [0.15, 0.2) is 0 Å². The number of aryl methyl sites for hydroxylation is 1. The van der Waals surface area contributed by atoms with Gasteiger partial charge < -0.3 is 0 Å². The van der Waals surface area contributed by atoms with Crippen molar-refractivity contribution in [2.24, 2.45) is 7.05 Å². The van der Waals surface area contributed by atoms with Crippen molar-refractivity contribution in [3.8, 4) is 0 Å². The van der Waals surface area contributed by atoms with Gasteiger partial charge in [-0.25, -0.2) is 0 Å². The van der Waals surface area contributed by atoms with Gasteiger partial charge in [0.1, 0.15) is 0 Å². The summed E-state index contributed by atoms with van der Waals surface area (Å²) < 4.78 is 1.57. The van der Waals surface area contributed by atoms with Crippen LogP contribution in [0.1, 0.15) is 16.8 Å². The van der Waals surface area contributed by atoms with Crippen molar-refractivity contribution in [2.45, 2.75) is 19.5 Å². The van der Waals surface area contributed by atoms with Gasteiger partial charge >= 0.3 is 0 Å². The van der Waals surface area contributed by atoms with E-state index in [1.807, 2.05) is 24.3 Å². The van der Waals surface area contributed by atoms with Gasteiger partial charge in [0, 0.05) is 43.8 Å². The number of halogens is 1. The predicted molar refractivity (Wildman–Crippen MR) is 75.3 cm³/mol. The normalized spacial score (nSPS) is 15.5. The summed E-state index contributed by atoms with van der Waals surface area (Å²) in [5, 5.41) is 3.87. The van der Waals surface area contributed by atoms with Crippen LogP contribution in [0.15, 0.2) is 29.1 Å². The molecule has 0 radical (unpaired) electrons. The van der Waals surface area contributed by atoms with E-state index >= 15 is 0 Å². The maximum atomic E-state index is 11.9. The van der Waals surface area contributed by atoms with E-state index < -0.39 is 0 Å². The molecule has 0 bridgehead atoms. The number of rotatable bonds is 2. The molecule has 1 aromatic carbocycles. The number of hydrogen-bond acceptors (Lipinski definition) is 2. The number of aromatic nitrogens is 2. The Morgan fingerprint density at radius 1 is 1.32 bits per heavy atom. The minimum Gasteiger partial charge on any atom is -0.300 e. The van der Waals surface area contributed by atoms with Gasteiger partial charge in [0.25, 0.3) is 5.56 Å². The molecule has 0 fully saturated rings. The molecule has 100 valence electrons. The van der Waals surface area contributed by atoms with Gasteiger partial charge in [0.2, 0.25) is 0 Å². The average Bonchev–Trinajstić information content (AvgIpc) is 2.69.